The maximum atomic E-state index is 12.4. The van der Waals surface area contributed by atoms with Crippen molar-refractivity contribution in [2.24, 2.45) is 0 Å². The van der Waals surface area contributed by atoms with Crippen molar-refractivity contribution in [3.8, 4) is 5.75 Å². The predicted octanol–water partition coefficient (Wildman–Crippen LogP) is 4.80. The summed E-state index contributed by atoms with van der Waals surface area (Å²) in [6.45, 7) is 4.39. The van der Waals surface area contributed by atoms with Crippen LogP contribution in [0.1, 0.15) is 13.8 Å². The average Bonchev–Trinajstić information content (AvgIpc) is 3.11. The van der Waals surface area contributed by atoms with Crippen molar-refractivity contribution < 1.29 is 9.53 Å². The zero-order chi connectivity index (χ0) is 19.1. The van der Waals surface area contributed by atoms with E-state index in [0.29, 0.717) is 11.7 Å². The van der Waals surface area contributed by atoms with E-state index in [2.05, 4.69) is 20.8 Å². The van der Waals surface area contributed by atoms with Gasteiger partial charge in [0.2, 0.25) is 11.0 Å². The lowest BCUT2D eigenvalue weighted by Crippen LogP contribution is -2.22. The van der Waals surface area contributed by atoms with Gasteiger partial charge in [0.1, 0.15) is 5.75 Å². The minimum Gasteiger partial charge on any atom is -0.494 e. The largest absolute Gasteiger partial charge is 0.494 e. The number of benzene rings is 2. The summed E-state index contributed by atoms with van der Waals surface area (Å²) >= 11 is 2.80. The van der Waals surface area contributed by atoms with Gasteiger partial charge >= 0.3 is 0 Å². The smallest absolute Gasteiger partial charge is 0.237 e. The van der Waals surface area contributed by atoms with Crippen molar-refractivity contribution in [2.45, 2.75) is 23.4 Å². The number of carbonyl (C=O) groups excluding carboxylic acids is 1. The first kappa shape index (κ1) is 19.2. The lowest BCUT2D eigenvalue weighted by atomic mass is 10.3. The third kappa shape index (κ3) is 5.70. The first-order chi connectivity index (χ1) is 13.1. The zero-order valence-electron chi connectivity index (χ0n) is 15.0. The molecular weight excluding hydrogens is 380 g/mol. The number of aromatic nitrogens is 2. The summed E-state index contributed by atoms with van der Waals surface area (Å²) in [5, 5.41) is 14.8. The summed E-state index contributed by atoms with van der Waals surface area (Å²) in [5.74, 6) is 0.696. The summed E-state index contributed by atoms with van der Waals surface area (Å²) in [6, 6.07) is 17.1. The minimum absolute atomic E-state index is 0.0862. The molecule has 0 saturated carbocycles. The molecule has 0 bridgehead atoms. The lowest BCUT2D eigenvalue weighted by molar-refractivity contribution is -0.115. The van der Waals surface area contributed by atoms with Gasteiger partial charge in [0.25, 0.3) is 0 Å². The van der Waals surface area contributed by atoms with Gasteiger partial charge in [0.05, 0.1) is 11.9 Å². The molecule has 0 fully saturated rings. The van der Waals surface area contributed by atoms with Crippen LogP contribution in [0.4, 0.5) is 16.5 Å². The summed E-state index contributed by atoms with van der Waals surface area (Å²) < 4.78 is 6.14. The summed E-state index contributed by atoms with van der Waals surface area (Å²) in [6.07, 6.45) is 0. The van der Waals surface area contributed by atoms with E-state index < -0.39 is 0 Å². The van der Waals surface area contributed by atoms with E-state index in [1.807, 2.05) is 68.4 Å². The number of hydrogen-bond donors (Lipinski definition) is 2. The molecule has 0 aliphatic rings. The molecule has 3 rings (SSSR count). The number of anilines is 3. The van der Waals surface area contributed by atoms with Crippen molar-refractivity contribution in [3.63, 3.8) is 0 Å². The van der Waals surface area contributed by atoms with Crippen LogP contribution >= 0.6 is 23.1 Å². The molecule has 1 aromatic heterocycles. The second kappa shape index (κ2) is 9.38. The van der Waals surface area contributed by atoms with Gasteiger partial charge in [0.15, 0.2) is 4.34 Å². The van der Waals surface area contributed by atoms with E-state index in [1.165, 1.54) is 23.1 Å². The minimum atomic E-state index is -0.297. The number of nitrogens with zero attached hydrogens (tertiary/aromatic N) is 2. The van der Waals surface area contributed by atoms with E-state index in [-0.39, 0.29) is 11.2 Å². The third-order valence-corrected chi connectivity index (χ3v) is 5.53. The molecule has 27 heavy (non-hydrogen) atoms. The van der Waals surface area contributed by atoms with E-state index >= 15 is 0 Å². The highest BCUT2D eigenvalue weighted by Crippen LogP contribution is 2.30. The monoisotopic (exact) mass is 400 g/mol. The van der Waals surface area contributed by atoms with Crippen LogP contribution in [0.3, 0.4) is 0 Å². The molecule has 0 unspecified atom stereocenters. The predicted molar refractivity (Wildman–Crippen MR) is 111 cm³/mol. The van der Waals surface area contributed by atoms with Crippen LogP contribution in [0.5, 0.6) is 5.75 Å². The van der Waals surface area contributed by atoms with Gasteiger partial charge in [-0.3, -0.25) is 4.79 Å². The molecule has 0 saturated heterocycles. The van der Waals surface area contributed by atoms with E-state index in [0.717, 1.165) is 21.5 Å². The normalized spacial score (nSPS) is 11.6. The van der Waals surface area contributed by atoms with Crippen LogP contribution < -0.4 is 15.4 Å². The molecular formula is C19H20N4O2S2. The first-order valence-electron chi connectivity index (χ1n) is 8.50. The Hall–Kier alpha value is -2.58. The van der Waals surface area contributed by atoms with Crippen molar-refractivity contribution >= 4 is 45.5 Å². The molecule has 1 amide bonds. The fraction of sp³-hybridized carbons (Fsp3) is 0.211. The molecule has 8 heteroatoms. The van der Waals surface area contributed by atoms with Gasteiger partial charge < -0.3 is 15.4 Å². The van der Waals surface area contributed by atoms with E-state index in [4.69, 9.17) is 4.74 Å². The number of hydrogen-bond acceptors (Lipinski definition) is 7. The Morgan fingerprint density at radius 2 is 1.85 bits per heavy atom. The molecule has 1 heterocycles. The Labute approximate surface area is 166 Å². The van der Waals surface area contributed by atoms with Gasteiger partial charge in [-0.25, -0.2) is 0 Å². The van der Waals surface area contributed by atoms with Crippen LogP contribution in [0.25, 0.3) is 0 Å². The highest BCUT2D eigenvalue weighted by Gasteiger charge is 2.17. The molecule has 3 aromatic rings. The van der Waals surface area contributed by atoms with Crippen LogP contribution in [-0.2, 0) is 4.79 Å². The Bertz CT molecular complexity index is 869. The fourth-order valence-corrected chi connectivity index (χ4v) is 4.12. The number of amides is 1. The Balaban J connectivity index is 1.53. The highest BCUT2D eigenvalue weighted by molar-refractivity contribution is 8.02. The number of carbonyl (C=O) groups is 1. The molecule has 6 nitrogen and oxygen atoms in total. The second-order valence-corrected chi connectivity index (χ2v) is 8.14. The van der Waals surface area contributed by atoms with E-state index in [1.54, 1.807) is 0 Å². The molecule has 0 aliphatic heterocycles. The standard InChI is InChI=1S/C19H20N4O2S2/c1-3-25-16-11-9-15(10-12-16)20-17(24)13(2)26-19-23-22-18(27-19)21-14-7-5-4-6-8-14/h4-13H,3H2,1-2H3,(H,20,24)(H,21,22)/t13-/m0/s1. The number of nitrogens with one attached hydrogen (secondary N) is 2. The van der Waals surface area contributed by atoms with Crippen LogP contribution in [0, 0.1) is 0 Å². The lowest BCUT2D eigenvalue weighted by Gasteiger charge is -2.11. The van der Waals surface area contributed by atoms with Crippen molar-refractivity contribution in [2.75, 3.05) is 17.2 Å². The summed E-state index contributed by atoms with van der Waals surface area (Å²) in [5.41, 5.74) is 1.69. The van der Waals surface area contributed by atoms with Crippen molar-refractivity contribution in [3.05, 3.63) is 54.6 Å². The quantitative estimate of drug-likeness (QED) is 0.529. The SMILES string of the molecule is CCOc1ccc(NC(=O)[C@H](C)Sc2nnc(Nc3ccccc3)s2)cc1. The van der Waals surface area contributed by atoms with Gasteiger partial charge in [0, 0.05) is 11.4 Å². The van der Waals surface area contributed by atoms with Crippen molar-refractivity contribution in [1.82, 2.24) is 10.2 Å². The van der Waals surface area contributed by atoms with Gasteiger partial charge in [-0.2, -0.15) is 0 Å². The molecule has 140 valence electrons. The average molecular weight is 401 g/mol. The maximum absolute atomic E-state index is 12.4. The topological polar surface area (TPSA) is 76.1 Å². The van der Waals surface area contributed by atoms with Gasteiger partial charge in [-0.1, -0.05) is 41.3 Å². The number of rotatable bonds is 8. The molecule has 0 radical (unpaired) electrons. The molecule has 0 aliphatic carbocycles. The van der Waals surface area contributed by atoms with Gasteiger partial charge in [-0.05, 0) is 50.2 Å². The highest BCUT2D eigenvalue weighted by atomic mass is 32.2. The zero-order valence-corrected chi connectivity index (χ0v) is 16.6. The number of thioether (sulfide) groups is 1. The molecule has 2 N–H and O–H groups in total. The second-order valence-electron chi connectivity index (χ2n) is 5.57. The number of ether oxygens (including phenoxy) is 1. The summed E-state index contributed by atoms with van der Waals surface area (Å²) in [7, 11) is 0. The van der Waals surface area contributed by atoms with Crippen LogP contribution in [0.15, 0.2) is 58.9 Å². The molecule has 1 atom stereocenters. The molecule has 2 aromatic carbocycles. The van der Waals surface area contributed by atoms with Crippen LogP contribution in [0.2, 0.25) is 0 Å². The van der Waals surface area contributed by atoms with E-state index in [9.17, 15) is 4.79 Å². The Morgan fingerprint density at radius 3 is 2.56 bits per heavy atom. The maximum Gasteiger partial charge on any atom is 0.237 e. The van der Waals surface area contributed by atoms with Crippen molar-refractivity contribution in [1.29, 1.82) is 0 Å². The van der Waals surface area contributed by atoms with Gasteiger partial charge in [-0.15, -0.1) is 10.2 Å². The molecule has 0 spiro atoms. The Morgan fingerprint density at radius 1 is 1.11 bits per heavy atom. The Kier molecular flexibility index (Phi) is 6.67. The summed E-state index contributed by atoms with van der Waals surface area (Å²) in [4.78, 5) is 12.4. The fourth-order valence-electron chi connectivity index (χ4n) is 2.20. The first-order valence-corrected chi connectivity index (χ1v) is 10.2. The van der Waals surface area contributed by atoms with Crippen LogP contribution in [-0.4, -0.2) is 28.0 Å². The third-order valence-electron chi connectivity index (χ3n) is 3.51. The number of para-hydroxylation sites is 1.